The summed E-state index contributed by atoms with van der Waals surface area (Å²) in [5.41, 5.74) is 0.753. The summed E-state index contributed by atoms with van der Waals surface area (Å²) in [4.78, 5) is 25.4. The van der Waals surface area contributed by atoms with Crippen LogP contribution in [-0.4, -0.2) is 42.8 Å². The molecular weight excluding hydrogens is 268 g/mol. The van der Waals surface area contributed by atoms with Gasteiger partial charge in [-0.3, -0.25) is 14.5 Å². The van der Waals surface area contributed by atoms with E-state index in [4.69, 9.17) is 4.74 Å². The molecule has 0 saturated carbocycles. The molecule has 1 amide bonds. The van der Waals surface area contributed by atoms with Crippen LogP contribution in [0, 0.1) is 0 Å². The molecule has 1 heterocycles. The molecule has 0 spiro atoms. The average Bonchev–Trinajstić information content (AvgIpc) is 2.86. The summed E-state index contributed by atoms with van der Waals surface area (Å²) in [6, 6.07) is 7.46. The van der Waals surface area contributed by atoms with Gasteiger partial charge in [0.1, 0.15) is 11.5 Å². The summed E-state index contributed by atoms with van der Waals surface area (Å²) in [7, 11) is 1.61. The number of ether oxygens (including phenoxy) is 1. The Morgan fingerprint density at radius 3 is 2.67 bits per heavy atom. The summed E-state index contributed by atoms with van der Waals surface area (Å²) in [6.45, 7) is 2.83. The van der Waals surface area contributed by atoms with Gasteiger partial charge in [0, 0.05) is 18.2 Å². The number of rotatable bonds is 6. The number of benzene rings is 1. The summed E-state index contributed by atoms with van der Waals surface area (Å²) < 4.78 is 5.08. The minimum Gasteiger partial charge on any atom is -0.497 e. The number of carbonyl (C=O) groups is 2. The highest BCUT2D eigenvalue weighted by Gasteiger charge is 2.26. The number of ketones is 1. The van der Waals surface area contributed by atoms with Crippen LogP contribution in [0.4, 0.5) is 5.69 Å². The van der Waals surface area contributed by atoms with E-state index in [1.54, 1.807) is 14.0 Å². The normalized spacial score (nSPS) is 18.5. The van der Waals surface area contributed by atoms with E-state index in [0.717, 1.165) is 30.8 Å². The lowest BCUT2D eigenvalue weighted by Gasteiger charge is -2.22. The molecule has 0 aromatic heterocycles. The first-order valence-electron chi connectivity index (χ1n) is 7.26. The molecule has 1 aromatic rings. The standard InChI is InChI=1S/C16H22N2O3/c1-12(19)10-14-4-3-9-18(14)11-16(20)17-13-5-7-15(21-2)8-6-13/h5-8,14H,3-4,9-11H2,1-2H3,(H,17,20). The third kappa shape index (κ3) is 4.56. The molecule has 5 nitrogen and oxygen atoms in total. The van der Waals surface area contributed by atoms with Crippen LogP contribution in [0.5, 0.6) is 5.75 Å². The first kappa shape index (κ1) is 15.5. The van der Waals surface area contributed by atoms with Crippen LogP contribution >= 0.6 is 0 Å². The summed E-state index contributed by atoms with van der Waals surface area (Å²) in [5, 5.41) is 2.87. The van der Waals surface area contributed by atoms with Gasteiger partial charge >= 0.3 is 0 Å². The lowest BCUT2D eigenvalue weighted by molar-refractivity contribution is -0.120. The van der Waals surface area contributed by atoms with Crippen molar-refractivity contribution >= 4 is 17.4 Å². The molecular formula is C16H22N2O3. The molecule has 114 valence electrons. The van der Waals surface area contributed by atoms with Crippen LogP contribution in [0.3, 0.4) is 0 Å². The van der Waals surface area contributed by atoms with Crippen molar-refractivity contribution in [1.29, 1.82) is 0 Å². The molecule has 1 aliphatic rings. The minimum atomic E-state index is -0.0457. The quantitative estimate of drug-likeness (QED) is 0.871. The number of likely N-dealkylation sites (tertiary alicyclic amines) is 1. The number of carbonyl (C=O) groups excluding carboxylic acids is 2. The van der Waals surface area contributed by atoms with E-state index in [2.05, 4.69) is 10.2 Å². The molecule has 0 aliphatic carbocycles. The lowest BCUT2D eigenvalue weighted by atomic mass is 10.1. The fraction of sp³-hybridized carbons (Fsp3) is 0.500. The Hall–Kier alpha value is -1.88. The van der Waals surface area contributed by atoms with Crippen molar-refractivity contribution in [1.82, 2.24) is 4.90 Å². The second-order valence-corrected chi connectivity index (χ2v) is 5.45. The second kappa shape index (κ2) is 7.22. The average molecular weight is 290 g/mol. The first-order chi connectivity index (χ1) is 10.1. The molecule has 1 N–H and O–H groups in total. The smallest absolute Gasteiger partial charge is 0.238 e. The molecule has 1 unspecified atom stereocenters. The third-order valence-electron chi connectivity index (χ3n) is 3.74. The van der Waals surface area contributed by atoms with Gasteiger partial charge in [-0.1, -0.05) is 0 Å². The van der Waals surface area contributed by atoms with Crippen molar-refractivity contribution in [2.75, 3.05) is 25.5 Å². The maximum atomic E-state index is 12.1. The number of nitrogens with one attached hydrogen (secondary N) is 1. The Morgan fingerprint density at radius 2 is 2.05 bits per heavy atom. The van der Waals surface area contributed by atoms with Crippen LogP contribution in [0.2, 0.25) is 0 Å². The zero-order valence-electron chi connectivity index (χ0n) is 12.6. The molecule has 0 radical (unpaired) electrons. The predicted molar refractivity (Wildman–Crippen MR) is 81.5 cm³/mol. The molecule has 1 aliphatic heterocycles. The first-order valence-corrected chi connectivity index (χ1v) is 7.26. The van der Waals surface area contributed by atoms with E-state index in [-0.39, 0.29) is 17.7 Å². The van der Waals surface area contributed by atoms with Gasteiger partial charge in [0.05, 0.1) is 13.7 Å². The van der Waals surface area contributed by atoms with Crippen molar-refractivity contribution in [2.24, 2.45) is 0 Å². The molecule has 1 atom stereocenters. The SMILES string of the molecule is COc1ccc(NC(=O)CN2CCCC2CC(C)=O)cc1. The van der Waals surface area contributed by atoms with Gasteiger partial charge in [-0.15, -0.1) is 0 Å². The Morgan fingerprint density at radius 1 is 1.33 bits per heavy atom. The molecule has 21 heavy (non-hydrogen) atoms. The van der Waals surface area contributed by atoms with Gasteiger partial charge in [0.25, 0.3) is 0 Å². The van der Waals surface area contributed by atoms with Gasteiger partial charge < -0.3 is 10.1 Å². The van der Waals surface area contributed by atoms with E-state index in [0.29, 0.717) is 13.0 Å². The number of hydrogen-bond donors (Lipinski definition) is 1. The summed E-state index contributed by atoms with van der Waals surface area (Å²) in [6.07, 6.45) is 2.58. The molecule has 1 saturated heterocycles. The van der Waals surface area contributed by atoms with Crippen molar-refractivity contribution in [3.05, 3.63) is 24.3 Å². The zero-order chi connectivity index (χ0) is 15.2. The fourth-order valence-corrected chi connectivity index (χ4v) is 2.73. The largest absolute Gasteiger partial charge is 0.497 e. The van der Waals surface area contributed by atoms with Crippen molar-refractivity contribution in [2.45, 2.75) is 32.2 Å². The second-order valence-electron chi connectivity index (χ2n) is 5.45. The van der Waals surface area contributed by atoms with E-state index in [1.807, 2.05) is 24.3 Å². The Kier molecular flexibility index (Phi) is 5.33. The van der Waals surface area contributed by atoms with E-state index >= 15 is 0 Å². The molecule has 1 aromatic carbocycles. The van der Waals surface area contributed by atoms with Crippen molar-refractivity contribution in [3.8, 4) is 5.75 Å². The molecule has 5 heteroatoms. The third-order valence-corrected chi connectivity index (χ3v) is 3.74. The number of hydrogen-bond acceptors (Lipinski definition) is 4. The van der Waals surface area contributed by atoms with Crippen molar-refractivity contribution < 1.29 is 14.3 Å². The fourth-order valence-electron chi connectivity index (χ4n) is 2.73. The molecule has 2 rings (SSSR count). The number of methoxy groups -OCH3 is 1. The van der Waals surface area contributed by atoms with Crippen molar-refractivity contribution in [3.63, 3.8) is 0 Å². The number of Topliss-reactive ketones (excluding diaryl/α,β-unsaturated/α-hetero) is 1. The van der Waals surface area contributed by atoms with E-state index in [9.17, 15) is 9.59 Å². The Labute approximate surface area is 125 Å². The van der Waals surface area contributed by atoms with Gasteiger partial charge in [0.2, 0.25) is 5.91 Å². The van der Waals surface area contributed by atoms with Crippen LogP contribution in [-0.2, 0) is 9.59 Å². The maximum Gasteiger partial charge on any atom is 0.238 e. The molecule has 0 bridgehead atoms. The van der Waals surface area contributed by atoms with E-state index in [1.165, 1.54) is 0 Å². The minimum absolute atomic E-state index is 0.0457. The van der Waals surface area contributed by atoms with Crippen LogP contribution < -0.4 is 10.1 Å². The highest BCUT2D eigenvalue weighted by atomic mass is 16.5. The summed E-state index contributed by atoms with van der Waals surface area (Å²) in [5.74, 6) is 0.896. The van der Waals surface area contributed by atoms with Crippen LogP contribution in [0.1, 0.15) is 26.2 Å². The maximum absolute atomic E-state index is 12.1. The number of amides is 1. The number of anilines is 1. The Bertz CT molecular complexity index is 499. The Balaban J connectivity index is 1.87. The van der Waals surface area contributed by atoms with Crippen LogP contribution in [0.25, 0.3) is 0 Å². The van der Waals surface area contributed by atoms with E-state index < -0.39 is 0 Å². The lowest BCUT2D eigenvalue weighted by Crippen LogP contribution is -2.37. The van der Waals surface area contributed by atoms with Gasteiger partial charge in [-0.2, -0.15) is 0 Å². The molecule has 1 fully saturated rings. The summed E-state index contributed by atoms with van der Waals surface area (Å²) >= 11 is 0. The highest BCUT2D eigenvalue weighted by molar-refractivity contribution is 5.92. The monoisotopic (exact) mass is 290 g/mol. The predicted octanol–water partition coefficient (Wildman–Crippen LogP) is 2.08. The zero-order valence-corrected chi connectivity index (χ0v) is 12.6. The number of nitrogens with zero attached hydrogens (tertiary/aromatic N) is 1. The highest BCUT2D eigenvalue weighted by Crippen LogP contribution is 2.20. The topological polar surface area (TPSA) is 58.6 Å². The van der Waals surface area contributed by atoms with Crippen LogP contribution in [0.15, 0.2) is 24.3 Å². The van der Waals surface area contributed by atoms with Gasteiger partial charge in [0.15, 0.2) is 0 Å². The van der Waals surface area contributed by atoms with Gasteiger partial charge in [-0.05, 0) is 50.6 Å². The van der Waals surface area contributed by atoms with Gasteiger partial charge in [-0.25, -0.2) is 0 Å².